The van der Waals surface area contributed by atoms with Gasteiger partial charge >= 0.3 is 0 Å². The normalized spacial score (nSPS) is 11.4. The summed E-state index contributed by atoms with van der Waals surface area (Å²) in [7, 11) is 0. The van der Waals surface area contributed by atoms with E-state index in [9.17, 15) is 0 Å². The van der Waals surface area contributed by atoms with Crippen molar-refractivity contribution in [2.45, 2.75) is 0 Å². The van der Waals surface area contributed by atoms with Gasteiger partial charge in [0, 0.05) is 33.0 Å². The van der Waals surface area contributed by atoms with E-state index in [1.807, 2.05) is 12.1 Å². The van der Waals surface area contributed by atoms with E-state index in [1.165, 1.54) is 0 Å². The first-order valence-corrected chi connectivity index (χ1v) is 19.8. The summed E-state index contributed by atoms with van der Waals surface area (Å²) in [5.74, 6) is 1.77. The van der Waals surface area contributed by atoms with Crippen LogP contribution < -0.4 is 0 Å². The summed E-state index contributed by atoms with van der Waals surface area (Å²) < 4.78 is 6.97. The van der Waals surface area contributed by atoms with Gasteiger partial charge in [-0.1, -0.05) is 188 Å². The molecule has 0 aliphatic carbocycles. The molecule has 11 aromatic rings. The van der Waals surface area contributed by atoms with Gasteiger partial charge in [-0.05, 0) is 74.0 Å². The van der Waals surface area contributed by atoms with Crippen LogP contribution in [0.2, 0.25) is 0 Å². The van der Waals surface area contributed by atoms with E-state index in [2.05, 4.69) is 200 Å². The summed E-state index contributed by atoms with van der Waals surface area (Å²) in [5, 5.41) is 4.23. The summed E-state index contributed by atoms with van der Waals surface area (Å²) in [5.41, 5.74) is 13.2. The fourth-order valence-corrected chi connectivity index (χ4v) is 8.19. The van der Waals surface area contributed by atoms with Crippen molar-refractivity contribution in [2.75, 3.05) is 0 Å². The van der Waals surface area contributed by atoms with Crippen molar-refractivity contribution in [2.24, 2.45) is 0 Å². The van der Waals surface area contributed by atoms with Gasteiger partial charge in [0.05, 0.1) is 0 Å². The fourth-order valence-electron chi connectivity index (χ4n) is 8.19. The molecule has 0 aliphatic heterocycles. The summed E-state index contributed by atoms with van der Waals surface area (Å²) in [6, 6.07) is 73.9. The maximum Gasteiger partial charge on any atom is 0.164 e. The zero-order chi connectivity index (χ0) is 39.1. The minimum Gasteiger partial charge on any atom is -0.455 e. The molecule has 0 unspecified atom stereocenters. The summed E-state index contributed by atoms with van der Waals surface area (Å²) >= 11 is 0. The molecule has 0 saturated carbocycles. The number of benzene rings is 9. The van der Waals surface area contributed by atoms with E-state index in [0.29, 0.717) is 17.5 Å². The second-order valence-electron chi connectivity index (χ2n) is 14.8. The highest BCUT2D eigenvalue weighted by Crippen LogP contribution is 2.45. The fraction of sp³-hybridized carbons (Fsp3) is 0. The second kappa shape index (κ2) is 14.5. The molecule has 0 aliphatic rings. The Labute approximate surface area is 341 Å². The van der Waals surface area contributed by atoms with Crippen LogP contribution in [-0.2, 0) is 0 Å². The molecule has 0 saturated heterocycles. The van der Waals surface area contributed by atoms with Crippen LogP contribution >= 0.6 is 0 Å². The maximum atomic E-state index is 6.97. The SMILES string of the molecule is c1ccc(-c2ccc(-c3nc(-c4ccc(-c5ccccc5)cc4)nc(-c4ccc(-c5ccccc5-c5ccccc5)c5oc6cc7ccccc7cc6c45)n3)cc2)cc1. The van der Waals surface area contributed by atoms with Crippen molar-refractivity contribution in [3.05, 3.63) is 212 Å². The first kappa shape index (κ1) is 34.3. The third-order valence-corrected chi connectivity index (χ3v) is 11.2. The molecule has 0 radical (unpaired) electrons. The Hall–Kier alpha value is -7.95. The highest BCUT2D eigenvalue weighted by molar-refractivity contribution is 6.18. The number of aromatic nitrogens is 3. The molecule has 0 bridgehead atoms. The summed E-state index contributed by atoms with van der Waals surface area (Å²) in [6.07, 6.45) is 0. The van der Waals surface area contributed by atoms with Gasteiger partial charge < -0.3 is 4.42 Å². The average molecular weight is 754 g/mol. The van der Waals surface area contributed by atoms with Gasteiger partial charge in [0.25, 0.3) is 0 Å². The molecule has 0 fully saturated rings. The first-order chi connectivity index (χ1) is 29.2. The van der Waals surface area contributed by atoms with Crippen LogP contribution in [0.5, 0.6) is 0 Å². The number of furan rings is 1. The zero-order valence-electron chi connectivity index (χ0n) is 32.0. The summed E-state index contributed by atoms with van der Waals surface area (Å²) in [4.78, 5) is 15.7. The maximum absolute atomic E-state index is 6.97. The lowest BCUT2D eigenvalue weighted by molar-refractivity contribution is 0.670. The van der Waals surface area contributed by atoms with Crippen LogP contribution in [0, 0.1) is 0 Å². The molecule has 0 spiro atoms. The van der Waals surface area contributed by atoms with Crippen LogP contribution in [0.25, 0.3) is 111 Å². The third kappa shape index (κ3) is 6.34. The van der Waals surface area contributed by atoms with Gasteiger partial charge in [-0.3, -0.25) is 0 Å². The van der Waals surface area contributed by atoms with Crippen molar-refractivity contribution >= 4 is 32.7 Å². The molecule has 9 aromatic carbocycles. The standard InChI is InChI=1S/C55H35N3O/c1-4-14-36(15-5-1)38-24-28-41(29-25-38)53-56-54(42-30-26-39(27-31-42)37-16-6-2-7-17-37)58-55(57-53)48-33-32-47(46-23-13-12-22-45(46)40-18-8-3-9-19-40)52-51(48)49-34-43-20-10-11-21-44(43)35-50(49)59-52/h1-35H. The molecule has 2 aromatic heterocycles. The Morgan fingerprint density at radius 2 is 0.712 bits per heavy atom. The molecule has 0 atom stereocenters. The average Bonchev–Trinajstić information content (AvgIpc) is 3.69. The third-order valence-electron chi connectivity index (χ3n) is 11.2. The molecule has 11 rings (SSSR count). The molecule has 276 valence electrons. The van der Waals surface area contributed by atoms with Crippen LogP contribution in [0.3, 0.4) is 0 Å². The number of nitrogens with zero attached hydrogens (tertiary/aromatic N) is 3. The Morgan fingerprint density at radius 1 is 0.288 bits per heavy atom. The topological polar surface area (TPSA) is 51.8 Å². The van der Waals surface area contributed by atoms with Crippen LogP contribution in [0.15, 0.2) is 217 Å². The smallest absolute Gasteiger partial charge is 0.164 e. The van der Waals surface area contributed by atoms with Crippen LogP contribution in [0.4, 0.5) is 0 Å². The number of rotatable bonds is 7. The van der Waals surface area contributed by atoms with E-state index in [0.717, 1.165) is 93.9 Å². The van der Waals surface area contributed by atoms with E-state index < -0.39 is 0 Å². The van der Waals surface area contributed by atoms with Crippen LogP contribution in [-0.4, -0.2) is 15.0 Å². The molecule has 0 N–H and O–H groups in total. The van der Waals surface area contributed by atoms with Crippen LogP contribution in [0.1, 0.15) is 0 Å². The highest BCUT2D eigenvalue weighted by atomic mass is 16.3. The van der Waals surface area contributed by atoms with E-state index in [1.54, 1.807) is 0 Å². The van der Waals surface area contributed by atoms with E-state index in [4.69, 9.17) is 19.4 Å². The quantitative estimate of drug-likeness (QED) is 0.163. The van der Waals surface area contributed by atoms with Gasteiger partial charge in [0.2, 0.25) is 0 Å². The molecule has 0 amide bonds. The molecule has 4 heteroatoms. The Morgan fingerprint density at radius 3 is 1.29 bits per heavy atom. The molecule has 2 heterocycles. The minimum atomic E-state index is 0.577. The van der Waals surface area contributed by atoms with E-state index >= 15 is 0 Å². The molecule has 59 heavy (non-hydrogen) atoms. The zero-order valence-corrected chi connectivity index (χ0v) is 32.0. The summed E-state index contributed by atoms with van der Waals surface area (Å²) in [6.45, 7) is 0. The second-order valence-corrected chi connectivity index (χ2v) is 14.8. The predicted octanol–water partition coefficient (Wildman–Crippen LogP) is 14.6. The Balaban J connectivity index is 1.14. The van der Waals surface area contributed by atoms with Gasteiger partial charge in [0.15, 0.2) is 17.5 Å². The number of hydrogen-bond donors (Lipinski definition) is 0. The lowest BCUT2D eigenvalue weighted by Gasteiger charge is -2.13. The lowest BCUT2D eigenvalue weighted by atomic mass is 9.92. The van der Waals surface area contributed by atoms with Crippen molar-refractivity contribution in [1.82, 2.24) is 15.0 Å². The first-order valence-electron chi connectivity index (χ1n) is 19.8. The molecule has 4 nitrogen and oxygen atoms in total. The minimum absolute atomic E-state index is 0.577. The van der Waals surface area contributed by atoms with Crippen molar-refractivity contribution < 1.29 is 4.42 Å². The molecular weight excluding hydrogens is 719 g/mol. The number of hydrogen-bond acceptors (Lipinski definition) is 4. The lowest BCUT2D eigenvalue weighted by Crippen LogP contribution is -2.01. The monoisotopic (exact) mass is 753 g/mol. The van der Waals surface area contributed by atoms with Gasteiger partial charge in [-0.25, -0.2) is 15.0 Å². The molecular formula is C55H35N3O. The predicted molar refractivity (Wildman–Crippen MR) is 243 cm³/mol. The van der Waals surface area contributed by atoms with Gasteiger partial charge in [-0.15, -0.1) is 0 Å². The van der Waals surface area contributed by atoms with Crippen molar-refractivity contribution in [1.29, 1.82) is 0 Å². The van der Waals surface area contributed by atoms with Crippen molar-refractivity contribution in [3.63, 3.8) is 0 Å². The number of fused-ring (bicyclic) bond motifs is 4. The Kier molecular flexibility index (Phi) is 8.45. The highest BCUT2D eigenvalue weighted by Gasteiger charge is 2.22. The van der Waals surface area contributed by atoms with Gasteiger partial charge in [-0.2, -0.15) is 0 Å². The largest absolute Gasteiger partial charge is 0.455 e. The van der Waals surface area contributed by atoms with Crippen molar-refractivity contribution in [3.8, 4) is 78.7 Å². The Bertz CT molecular complexity index is 3180. The van der Waals surface area contributed by atoms with Gasteiger partial charge in [0.1, 0.15) is 11.2 Å². The van der Waals surface area contributed by atoms with E-state index in [-0.39, 0.29) is 0 Å².